The summed E-state index contributed by atoms with van der Waals surface area (Å²) < 4.78 is 0. The molecule has 1 rings (SSSR count). The van der Waals surface area contributed by atoms with Gasteiger partial charge in [0.2, 0.25) is 0 Å². The maximum absolute atomic E-state index is 4.02. The Kier molecular flexibility index (Phi) is 2.87. The van der Waals surface area contributed by atoms with Crippen LogP contribution in [-0.2, 0) is 0 Å². The molecule has 0 aromatic carbocycles. The Hall–Kier alpha value is -0.370. The number of pyridine rings is 1. The third kappa shape index (κ3) is 1.81. The van der Waals surface area contributed by atoms with Gasteiger partial charge < -0.3 is 0 Å². The highest BCUT2D eigenvalue weighted by Gasteiger charge is 2.01. The summed E-state index contributed by atoms with van der Waals surface area (Å²) in [5.74, 6) is 0. The highest BCUT2D eigenvalue weighted by Crippen LogP contribution is 2.24. The van der Waals surface area contributed by atoms with Gasteiger partial charge in [-0.1, -0.05) is 28.9 Å². The third-order valence-corrected chi connectivity index (χ3v) is 2.58. The summed E-state index contributed by atoms with van der Waals surface area (Å²) in [7, 11) is 0. The molecule has 0 aliphatic carbocycles. The van der Waals surface area contributed by atoms with E-state index in [0.29, 0.717) is 4.83 Å². The average Bonchev–Trinajstić information content (AvgIpc) is 2.05. The van der Waals surface area contributed by atoms with Crippen LogP contribution >= 0.6 is 15.9 Å². The fourth-order valence-electron chi connectivity index (χ4n) is 0.797. The molecule has 1 aromatic heterocycles. The zero-order valence-electron chi connectivity index (χ0n) is 5.92. The van der Waals surface area contributed by atoms with Gasteiger partial charge in [-0.3, -0.25) is 4.98 Å². The van der Waals surface area contributed by atoms with Gasteiger partial charge in [0, 0.05) is 17.2 Å². The molecular formula is C8H10BrN. The molecule has 1 atom stereocenters. The normalized spacial score (nSPS) is 13.0. The van der Waals surface area contributed by atoms with Crippen molar-refractivity contribution in [3.63, 3.8) is 0 Å². The topological polar surface area (TPSA) is 12.9 Å². The molecule has 0 saturated carbocycles. The van der Waals surface area contributed by atoms with Crippen molar-refractivity contribution >= 4 is 15.9 Å². The summed E-state index contributed by atoms with van der Waals surface area (Å²) in [6, 6.07) is 4.04. The summed E-state index contributed by atoms with van der Waals surface area (Å²) in [4.78, 5) is 4.48. The van der Waals surface area contributed by atoms with Crippen LogP contribution in [0.25, 0.3) is 0 Å². The smallest absolute Gasteiger partial charge is 0.0407 e. The van der Waals surface area contributed by atoms with E-state index in [0.717, 1.165) is 6.42 Å². The molecule has 1 nitrogen and oxygen atoms in total. The van der Waals surface area contributed by atoms with E-state index in [1.807, 2.05) is 12.3 Å². The molecule has 0 amide bonds. The molecule has 0 saturated heterocycles. The lowest BCUT2D eigenvalue weighted by molar-refractivity contribution is 0.903. The fraction of sp³-hybridized carbons (Fsp3) is 0.375. The molecule has 0 N–H and O–H groups in total. The number of rotatable bonds is 2. The van der Waals surface area contributed by atoms with Crippen molar-refractivity contribution < 1.29 is 0 Å². The Morgan fingerprint density at radius 2 is 2.50 bits per heavy atom. The monoisotopic (exact) mass is 199 g/mol. The zero-order valence-corrected chi connectivity index (χ0v) is 7.51. The molecule has 0 bridgehead atoms. The van der Waals surface area contributed by atoms with E-state index in [2.05, 4.69) is 33.9 Å². The number of halogens is 1. The van der Waals surface area contributed by atoms with Crippen LogP contribution in [0.15, 0.2) is 24.5 Å². The molecule has 0 unspecified atom stereocenters. The molecule has 54 valence electrons. The van der Waals surface area contributed by atoms with E-state index < -0.39 is 0 Å². The maximum Gasteiger partial charge on any atom is 0.0407 e. The Morgan fingerprint density at radius 1 is 1.70 bits per heavy atom. The summed E-state index contributed by atoms with van der Waals surface area (Å²) >= 11 is 3.54. The number of hydrogen-bond donors (Lipinski definition) is 0. The second-order valence-electron chi connectivity index (χ2n) is 2.16. The van der Waals surface area contributed by atoms with Gasteiger partial charge >= 0.3 is 0 Å². The molecule has 1 aromatic rings. The van der Waals surface area contributed by atoms with E-state index in [-0.39, 0.29) is 0 Å². The van der Waals surface area contributed by atoms with E-state index >= 15 is 0 Å². The lowest BCUT2D eigenvalue weighted by Crippen LogP contribution is -1.86. The van der Waals surface area contributed by atoms with Gasteiger partial charge in [-0.05, 0) is 18.1 Å². The van der Waals surface area contributed by atoms with Crippen molar-refractivity contribution in [2.24, 2.45) is 0 Å². The van der Waals surface area contributed by atoms with Crippen molar-refractivity contribution in [1.29, 1.82) is 0 Å². The average molecular weight is 200 g/mol. The minimum Gasteiger partial charge on any atom is -0.264 e. The molecule has 0 spiro atoms. The molecular weight excluding hydrogens is 190 g/mol. The first-order valence-corrected chi connectivity index (χ1v) is 4.30. The van der Waals surface area contributed by atoms with Crippen molar-refractivity contribution in [3.05, 3.63) is 30.1 Å². The van der Waals surface area contributed by atoms with Crippen LogP contribution < -0.4 is 0 Å². The van der Waals surface area contributed by atoms with Crippen molar-refractivity contribution in [2.45, 2.75) is 18.2 Å². The van der Waals surface area contributed by atoms with Crippen molar-refractivity contribution in [3.8, 4) is 0 Å². The van der Waals surface area contributed by atoms with Crippen LogP contribution in [0.3, 0.4) is 0 Å². The molecule has 0 aliphatic rings. The lowest BCUT2D eigenvalue weighted by atomic mass is 10.2. The van der Waals surface area contributed by atoms with E-state index in [9.17, 15) is 0 Å². The van der Waals surface area contributed by atoms with Gasteiger partial charge in [-0.15, -0.1) is 0 Å². The minimum absolute atomic E-state index is 0.459. The highest BCUT2D eigenvalue weighted by atomic mass is 79.9. The maximum atomic E-state index is 4.02. The largest absolute Gasteiger partial charge is 0.264 e. The van der Waals surface area contributed by atoms with Gasteiger partial charge in [0.25, 0.3) is 0 Å². The Balaban J connectivity index is 2.75. The van der Waals surface area contributed by atoms with Crippen LogP contribution in [0.4, 0.5) is 0 Å². The van der Waals surface area contributed by atoms with Gasteiger partial charge in [0.1, 0.15) is 0 Å². The van der Waals surface area contributed by atoms with Crippen molar-refractivity contribution in [2.75, 3.05) is 0 Å². The lowest BCUT2D eigenvalue weighted by Gasteiger charge is -2.03. The predicted octanol–water partition coefficient (Wildman–Crippen LogP) is 2.93. The van der Waals surface area contributed by atoms with Gasteiger partial charge in [-0.2, -0.15) is 0 Å². The third-order valence-electron chi connectivity index (χ3n) is 1.40. The molecule has 1 heterocycles. The summed E-state index contributed by atoms with van der Waals surface area (Å²) in [5, 5.41) is 0. The van der Waals surface area contributed by atoms with E-state index in [1.54, 1.807) is 6.20 Å². The van der Waals surface area contributed by atoms with Crippen molar-refractivity contribution in [1.82, 2.24) is 4.98 Å². The summed E-state index contributed by atoms with van der Waals surface area (Å²) in [6.07, 6.45) is 4.79. The van der Waals surface area contributed by atoms with Gasteiger partial charge in [-0.25, -0.2) is 0 Å². The Morgan fingerprint density at radius 3 is 3.00 bits per heavy atom. The van der Waals surface area contributed by atoms with Gasteiger partial charge in [0.15, 0.2) is 0 Å². The SMILES string of the molecule is CC[C@@H](Br)c1cccnc1. The highest BCUT2D eigenvalue weighted by molar-refractivity contribution is 9.09. The molecule has 0 radical (unpaired) electrons. The fourth-order valence-corrected chi connectivity index (χ4v) is 1.07. The first kappa shape index (κ1) is 7.73. The van der Waals surface area contributed by atoms with E-state index in [1.165, 1.54) is 5.56 Å². The zero-order chi connectivity index (χ0) is 7.40. The quantitative estimate of drug-likeness (QED) is 0.668. The van der Waals surface area contributed by atoms with Crippen LogP contribution in [0.5, 0.6) is 0 Å². The van der Waals surface area contributed by atoms with Crippen LogP contribution in [0, 0.1) is 0 Å². The van der Waals surface area contributed by atoms with Gasteiger partial charge in [0.05, 0.1) is 0 Å². The van der Waals surface area contributed by atoms with Crippen LogP contribution in [0.2, 0.25) is 0 Å². The second-order valence-corrected chi connectivity index (χ2v) is 3.27. The first-order valence-electron chi connectivity index (χ1n) is 3.38. The molecule has 0 fully saturated rings. The molecule has 0 aliphatic heterocycles. The van der Waals surface area contributed by atoms with Crippen LogP contribution in [-0.4, -0.2) is 4.98 Å². The number of aromatic nitrogens is 1. The van der Waals surface area contributed by atoms with Crippen LogP contribution in [0.1, 0.15) is 23.7 Å². The first-order chi connectivity index (χ1) is 4.84. The number of nitrogens with zero attached hydrogens (tertiary/aromatic N) is 1. The second kappa shape index (κ2) is 3.71. The number of hydrogen-bond acceptors (Lipinski definition) is 1. The Bertz CT molecular complexity index is 186. The summed E-state index contributed by atoms with van der Waals surface area (Å²) in [6.45, 7) is 2.15. The predicted molar refractivity (Wildman–Crippen MR) is 46.2 cm³/mol. The number of alkyl halides is 1. The minimum atomic E-state index is 0.459. The summed E-state index contributed by atoms with van der Waals surface area (Å²) in [5.41, 5.74) is 1.25. The van der Waals surface area contributed by atoms with E-state index in [4.69, 9.17) is 0 Å². The molecule has 10 heavy (non-hydrogen) atoms. The molecule has 2 heteroatoms. The standard InChI is InChI=1S/C8H10BrN/c1-2-8(9)7-4-3-5-10-6-7/h3-6,8H,2H2,1H3/t8-/m1/s1. The Labute approximate surface area is 69.6 Å².